The lowest BCUT2D eigenvalue weighted by Gasteiger charge is -2.21. The highest BCUT2D eigenvalue weighted by atomic mass is 32.1. The summed E-state index contributed by atoms with van der Waals surface area (Å²) in [5.41, 5.74) is 2.97. The summed E-state index contributed by atoms with van der Waals surface area (Å²) < 4.78 is 0. The Morgan fingerprint density at radius 2 is 2.10 bits per heavy atom. The molecule has 0 atom stereocenters. The summed E-state index contributed by atoms with van der Waals surface area (Å²) in [6.45, 7) is 4.53. The highest BCUT2D eigenvalue weighted by Crippen LogP contribution is 2.24. The maximum absolute atomic E-state index is 11.7. The summed E-state index contributed by atoms with van der Waals surface area (Å²) in [6, 6.07) is 2.02. The Balaban J connectivity index is 2.45. The molecule has 0 aliphatic carbocycles. The summed E-state index contributed by atoms with van der Waals surface area (Å²) in [5, 5.41) is 22.0. The molecule has 2 rings (SSSR count). The van der Waals surface area contributed by atoms with Gasteiger partial charge in [0.1, 0.15) is 5.56 Å². The number of thiophene rings is 1. The number of rotatable bonds is 6. The second kappa shape index (κ2) is 6.67. The van der Waals surface area contributed by atoms with Gasteiger partial charge in [0.05, 0.1) is 5.69 Å². The molecule has 5 nitrogen and oxygen atoms in total. The minimum absolute atomic E-state index is 0.280. The van der Waals surface area contributed by atoms with Crippen LogP contribution in [0.25, 0.3) is 0 Å². The number of carboxylic acids is 1. The first-order valence-electron chi connectivity index (χ1n) is 6.92. The van der Waals surface area contributed by atoms with Crippen molar-refractivity contribution in [1.29, 1.82) is 0 Å². The lowest BCUT2D eigenvalue weighted by atomic mass is 10.0. The molecule has 2 aromatic rings. The zero-order valence-electron chi connectivity index (χ0n) is 12.5. The van der Waals surface area contributed by atoms with Gasteiger partial charge in [-0.25, -0.2) is 4.79 Å². The third-order valence-electron chi connectivity index (χ3n) is 3.40. The van der Waals surface area contributed by atoms with Gasteiger partial charge in [-0.15, -0.1) is 5.10 Å². The molecule has 0 radical (unpaired) electrons. The summed E-state index contributed by atoms with van der Waals surface area (Å²) in [7, 11) is 1.85. The molecule has 0 saturated carbocycles. The predicted molar refractivity (Wildman–Crippen MR) is 84.2 cm³/mol. The molecule has 0 bridgehead atoms. The van der Waals surface area contributed by atoms with Gasteiger partial charge >= 0.3 is 5.97 Å². The highest BCUT2D eigenvalue weighted by Gasteiger charge is 2.22. The molecule has 0 unspecified atom stereocenters. The maximum atomic E-state index is 11.7. The van der Waals surface area contributed by atoms with E-state index in [-0.39, 0.29) is 5.56 Å². The van der Waals surface area contributed by atoms with Crippen LogP contribution in [0, 0.1) is 0 Å². The molecule has 2 heterocycles. The number of hydrogen-bond donors (Lipinski definition) is 1. The standard InChI is InChI=1S/C15H19N3O2S/c1-4-11-12(5-2)16-17-14(13(11)15(19)20)18(3)8-10-6-7-21-9-10/h6-7,9H,4-5,8H2,1-3H3,(H,19,20). The minimum Gasteiger partial charge on any atom is -0.478 e. The second-order valence-corrected chi connectivity index (χ2v) is 5.60. The molecule has 0 saturated heterocycles. The zero-order chi connectivity index (χ0) is 15.4. The second-order valence-electron chi connectivity index (χ2n) is 4.82. The average molecular weight is 305 g/mol. The summed E-state index contributed by atoms with van der Waals surface area (Å²) >= 11 is 1.62. The molecule has 2 aromatic heterocycles. The fraction of sp³-hybridized carbons (Fsp3) is 0.400. The van der Waals surface area contributed by atoms with Crippen LogP contribution in [0.4, 0.5) is 5.82 Å². The number of aromatic nitrogens is 2. The van der Waals surface area contributed by atoms with Gasteiger partial charge in [-0.2, -0.15) is 16.4 Å². The molecule has 0 aromatic carbocycles. The van der Waals surface area contributed by atoms with Crippen LogP contribution in [-0.2, 0) is 19.4 Å². The maximum Gasteiger partial charge on any atom is 0.339 e. The molecule has 0 spiro atoms. The van der Waals surface area contributed by atoms with Crippen molar-refractivity contribution in [3.8, 4) is 0 Å². The monoisotopic (exact) mass is 305 g/mol. The highest BCUT2D eigenvalue weighted by molar-refractivity contribution is 7.07. The van der Waals surface area contributed by atoms with Crippen molar-refractivity contribution in [2.45, 2.75) is 33.2 Å². The molecule has 0 amide bonds. The van der Waals surface area contributed by atoms with E-state index in [1.807, 2.05) is 42.6 Å². The van der Waals surface area contributed by atoms with E-state index in [4.69, 9.17) is 0 Å². The van der Waals surface area contributed by atoms with Crippen LogP contribution in [0.15, 0.2) is 16.8 Å². The van der Waals surface area contributed by atoms with Gasteiger partial charge in [-0.05, 0) is 40.8 Å². The summed E-state index contributed by atoms with van der Waals surface area (Å²) in [6.07, 6.45) is 1.32. The minimum atomic E-state index is -0.941. The van der Waals surface area contributed by atoms with E-state index in [2.05, 4.69) is 10.2 Å². The molecule has 21 heavy (non-hydrogen) atoms. The Morgan fingerprint density at radius 3 is 2.62 bits per heavy atom. The van der Waals surface area contributed by atoms with Crippen LogP contribution >= 0.6 is 11.3 Å². The first kappa shape index (κ1) is 15.4. The number of aryl methyl sites for hydroxylation is 1. The van der Waals surface area contributed by atoms with Gasteiger partial charge in [0, 0.05) is 13.6 Å². The van der Waals surface area contributed by atoms with Gasteiger partial charge in [-0.1, -0.05) is 13.8 Å². The Labute approximate surface area is 128 Å². The lowest BCUT2D eigenvalue weighted by molar-refractivity contribution is 0.0695. The van der Waals surface area contributed by atoms with Gasteiger partial charge in [0.2, 0.25) is 0 Å². The van der Waals surface area contributed by atoms with Gasteiger partial charge in [-0.3, -0.25) is 0 Å². The van der Waals surface area contributed by atoms with Gasteiger partial charge in [0.25, 0.3) is 0 Å². The van der Waals surface area contributed by atoms with Gasteiger partial charge in [0.15, 0.2) is 5.82 Å². The molecular weight excluding hydrogens is 286 g/mol. The van der Waals surface area contributed by atoms with Crippen molar-refractivity contribution < 1.29 is 9.90 Å². The van der Waals surface area contributed by atoms with Gasteiger partial charge < -0.3 is 10.0 Å². The van der Waals surface area contributed by atoms with Crippen LogP contribution in [0.2, 0.25) is 0 Å². The van der Waals surface area contributed by atoms with Crippen molar-refractivity contribution in [3.63, 3.8) is 0 Å². The predicted octanol–water partition coefficient (Wildman–Crippen LogP) is 3.00. The van der Waals surface area contributed by atoms with E-state index < -0.39 is 5.97 Å². The Hall–Kier alpha value is -1.95. The van der Waals surface area contributed by atoms with Crippen molar-refractivity contribution >= 4 is 23.1 Å². The SMILES string of the molecule is CCc1nnc(N(C)Cc2ccsc2)c(C(=O)O)c1CC. The van der Waals surface area contributed by atoms with Crippen molar-refractivity contribution in [2.75, 3.05) is 11.9 Å². The van der Waals surface area contributed by atoms with Crippen molar-refractivity contribution in [2.24, 2.45) is 0 Å². The number of aromatic carboxylic acids is 1. The number of nitrogens with zero attached hydrogens (tertiary/aromatic N) is 3. The quantitative estimate of drug-likeness (QED) is 0.888. The van der Waals surface area contributed by atoms with E-state index in [1.54, 1.807) is 11.3 Å². The molecule has 1 N–H and O–H groups in total. The lowest BCUT2D eigenvalue weighted by Crippen LogP contribution is -2.23. The first-order chi connectivity index (χ1) is 10.1. The average Bonchev–Trinajstić information content (AvgIpc) is 2.98. The van der Waals surface area contributed by atoms with E-state index in [9.17, 15) is 9.90 Å². The Bertz CT molecular complexity index is 626. The molecule has 112 valence electrons. The van der Waals surface area contributed by atoms with Crippen LogP contribution in [0.1, 0.15) is 41.0 Å². The largest absolute Gasteiger partial charge is 0.478 e. The Morgan fingerprint density at radius 1 is 1.33 bits per heavy atom. The number of carboxylic acid groups (broad SMARTS) is 1. The fourth-order valence-corrected chi connectivity index (χ4v) is 3.05. The third kappa shape index (κ3) is 3.21. The number of carbonyl (C=O) groups is 1. The van der Waals surface area contributed by atoms with E-state index in [0.29, 0.717) is 25.2 Å². The normalized spacial score (nSPS) is 10.6. The summed E-state index contributed by atoms with van der Waals surface area (Å²) in [5.74, 6) is -0.508. The molecule has 0 fully saturated rings. The van der Waals surface area contributed by atoms with Crippen LogP contribution < -0.4 is 4.90 Å². The first-order valence-corrected chi connectivity index (χ1v) is 7.86. The Kier molecular flexibility index (Phi) is 4.90. The van der Waals surface area contributed by atoms with Crippen LogP contribution in [-0.4, -0.2) is 28.3 Å². The smallest absolute Gasteiger partial charge is 0.339 e. The molecular formula is C15H19N3O2S. The zero-order valence-corrected chi connectivity index (χ0v) is 13.3. The molecule has 0 aliphatic heterocycles. The van der Waals surface area contributed by atoms with Crippen LogP contribution in [0.5, 0.6) is 0 Å². The van der Waals surface area contributed by atoms with E-state index in [1.165, 1.54) is 0 Å². The van der Waals surface area contributed by atoms with E-state index >= 15 is 0 Å². The fourth-order valence-electron chi connectivity index (χ4n) is 2.39. The topological polar surface area (TPSA) is 66.3 Å². The van der Waals surface area contributed by atoms with E-state index in [0.717, 1.165) is 16.8 Å². The van der Waals surface area contributed by atoms with Crippen LogP contribution in [0.3, 0.4) is 0 Å². The number of hydrogen-bond acceptors (Lipinski definition) is 5. The molecule has 0 aliphatic rings. The third-order valence-corrected chi connectivity index (χ3v) is 4.13. The molecule has 6 heteroatoms. The van der Waals surface area contributed by atoms with Crippen molar-refractivity contribution in [3.05, 3.63) is 39.2 Å². The van der Waals surface area contributed by atoms with Crippen molar-refractivity contribution in [1.82, 2.24) is 10.2 Å². The summed E-state index contributed by atoms with van der Waals surface area (Å²) in [4.78, 5) is 13.5. The number of anilines is 1.